The third-order valence-electron chi connectivity index (χ3n) is 2.22. The van der Waals surface area contributed by atoms with Crippen LogP contribution in [0.3, 0.4) is 0 Å². The number of pyridine rings is 1. The fourth-order valence-corrected chi connectivity index (χ4v) is 1.39. The normalized spacial score (nSPS) is 10.2. The Balaban J connectivity index is 2.45. The Hall–Kier alpha value is -2.97. The third-order valence-corrected chi connectivity index (χ3v) is 2.22. The lowest BCUT2D eigenvalue weighted by Crippen LogP contribution is -2.04. The molecule has 0 aliphatic carbocycles. The summed E-state index contributed by atoms with van der Waals surface area (Å²) in [7, 11) is 1.49. The molecule has 0 amide bonds. The maximum Gasteiger partial charge on any atom is 0.427 e. The van der Waals surface area contributed by atoms with E-state index in [4.69, 9.17) is 9.84 Å². The van der Waals surface area contributed by atoms with Gasteiger partial charge in [0.05, 0.1) is 0 Å². The highest BCUT2D eigenvalue weighted by Crippen LogP contribution is 2.30. The number of nitro groups is 1. The van der Waals surface area contributed by atoms with Crippen LogP contribution in [0.25, 0.3) is 0 Å². The van der Waals surface area contributed by atoms with Crippen LogP contribution in [0.5, 0.6) is 11.6 Å². The molecule has 0 radical (unpaired) electrons. The highest BCUT2D eigenvalue weighted by Gasteiger charge is 2.24. The monoisotopic (exact) mass is 264 g/mol. The Labute approximate surface area is 106 Å². The smallest absolute Gasteiger partial charge is 0.427 e. The summed E-state index contributed by atoms with van der Waals surface area (Å²) < 4.78 is 6.52. The van der Waals surface area contributed by atoms with E-state index in [0.29, 0.717) is 0 Å². The van der Waals surface area contributed by atoms with Gasteiger partial charge in [-0.05, 0) is 22.0 Å². The van der Waals surface area contributed by atoms with Gasteiger partial charge in [0.2, 0.25) is 6.33 Å². The quantitative estimate of drug-likeness (QED) is 0.650. The van der Waals surface area contributed by atoms with E-state index < -0.39 is 16.7 Å². The molecule has 19 heavy (non-hydrogen) atoms. The minimum Gasteiger partial charge on any atom is -0.476 e. The van der Waals surface area contributed by atoms with Crippen molar-refractivity contribution in [3.05, 3.63) is 40.5 Å². The third kappa shape index (κ3) is 2.34. The summed E-state index contributed by atoms with van der Waals surface area (Å²) in [5.41, 5.74) is -0.335. The number of carboxylic acid groups (broad SMARTS) is 1. The van der Waals surface area contributed by atoms with Gasteiger partial charge in [-0.2, -0.15) is 0 Å². The van der Waals surface area contributed by atoms with E-state index in [1.165, 1.54) is 36.3 Å². The Kier molecular flexibility index (Phi) is 3.10. The summed E-state index contributed by atoms with van der Waals surface area (Å²) in [6.07, 6.45) is 2.48. The number of ether oxygens (including phenoxy) is 1. The van der Waals surface area contributed by atoms with Crippen molar-refractivity contribution in [1.82, 2.24) is 14.5 Å². The summed E-state index contributed by atoms with van der Waals surface area (Å²) in [5.74, 6) is -2.05. The Morgan fingerprint density at radius 3 is 2.89 bits per heavy atom. The largest absolute Gasteiger partial charge is 0.476 e. The Morgan fingerprint density at radius 1 is 1.53 bits per heavy atom. The number of nitrogens with zero attached hydrogens (tertiary/aromatic N) is 4. The van der Waals surface area contributed by atoms with Crippen LogP contribution in [0.1, 0.15) is 10.5 Å². The lowest BCUT2D eigenvalue weighted by molar-refractivity contribution is -0.390. The van der Waals surface area contributed by atoms with E-state index >= 15 is 0 Å². The number of carboxylic acids is 1. The number of aryl methyl sites for hydroxylation is 1. The van der Waals surface area contributed by atoms with Gasteiger partial charge >= 0.3 is 17.7 Å². The summed E-state index contributed by atoms with van der Waals surface area (Å²) in [4.78, 5) is 28.2. The number of hydrogen-bond acceptors (Lipinski definition) is 6. The fourth-order valence-electron chi connectivity index (χ4n) is 1.39. The van der Waals surface area contributed by atoms with Gasteiger partial charge in [0.15, 0.2) is 11.4 Å². The zero-order valence-corrected chi connectivity index (χ0v) is 9.68. The molecule has 2 rings (SSSR count). The molecule has 98 valence electrons. The predicted octanol–water partition coefficient (Wildman–Crippen LogP) is 1.21. The maximum atomic E-state index is 11.0. The van der Waals surface area contributed by atoms with Gasteiger partial charge in [-0.3, -0.25) is 4.57 Å². The fraction of sp³-hybridized carbons (Fsp3) is 0.100. The van der Waals surface area contributed by atoms with E-state index in [2.05, 4.69) is 9.97 Å². The molecule has 0 aromatic carbocycles. The number of aromatic nitrogens is 3. The molecule has 0 atom stereocenters. The Bertz CT molecular complexity index is 651. The van der Waals surface area contributed by atoms with E-state index in [1.54, 1.807) is 0 Å². The van der Waals surface area contributed by atoms with Crippen molar-refractivity contribution in [2.24, 2.45) is 7.05 Å². The lowest BCUT2D eigenvalue weighted by atomic mass is 10.3. The highest BCUT2D eigenvalue weighted by atomic mass is 16.6. The van der Waals surface area contributed by atoms with Gasteiger partial charge in [-0.15, -0.1) is 0 Å². The number of hydrogen-bond donors (Lipinski definition) is 1. The molecule has 0 unspecified atom stereocenters. The molecule has 0 saturated heterocycles. The van der Waals surface area contributed by atoms with Gasteiger partial charge in [0.1, 0.15) is 0 Å². The number of rotatable bonds is 4. The van der Waals surface area contributed by atoms with Crippen molar-refractivity contribution in [1.29, 1.82) is 0 Å². The van der Waals surface area contributed by atoms with Gasteiger partial charge in [0.25, 0.3) is 0 Å². The zero-order valence-electron chi connectivity index (χ0n) is 9.68. The number of carbonyl (C=O) groups is 1. The lowest BCUT2D eigenvalue weighted by Gasteiger charge is -2.06. The molecule has 0 aliphatic heterocycles. The summed E-state index contributed by atoms with van der Waals surface area (Å²) in [5, 5.41) is 19.7. The molecule has 0 saturated carbocycles. The molecule has 0 aliphatic rings. The van der Waals surface area contributed by atoms with Crippen LogP contribution >= 0.6 is 0 Å². The SMILES string of the molecule is Cn1cnc([N+](=O)[O-])c1Oc1cccnc1C(=O)O. The highest BCUT2D eigenvalue weighted by molar-refractivity contribution is 5.88. The second kappa shape index (κ2) is 4.72. The summed E-state index contributed by atoms with van der Waals surface area (Å²) >= 11 is 0. The van der Waals surface area contributed by atoms with Crippen LogP contribution in [0.4, 0.5) is 5.82 Å². The molecule has 2 aromatic rings. The maximum absolute atomic E-state index is 11.0. The second-order valence-electron chi connectivity index (χ2n) is 3.50. The van der Waals surface area contributed by atoms with E-state index in [9.17, 15) is 14.9 Å². The van der Waals surface area contributed by atoms with E-state index in [-0.39, 0.29) is 17.3 Å². The van der Waals surface area contributed by atoms with Crippen molar-refractivity contribution in [2.75, 3.05) is 0 Å². The molecule has 1 N–H and O–H groups in total. The first-order chi connectivity index (χ1) is 9.00. The van der Waals surface area contributed by atoms with Gasteiger partial charge in [-0.25, -0.2) is 9.78 Å². The molecular weight excluding hydrogens is 256 g/mol. The minimum absolute atomic E-state index is 0.0956. The summed E-state index contributed by atoms with van der Waals surface area (Å²) in [6.45, 7) is 0. The molecular formula is C10H8N4O5. The van der Waals surface area contributed by atoms with Crippen LogP contribution in [0.2, 0.25) is 0 Å². The Morgan fingerprint density at radius 2 is 2.26 bits per heavy atom. The molecule has 9 heteroatoms. The minimum atomic E-state index is -1.29. The van der Waals surface area contributed by atoms with Crippen LogP contribution in [-0.4, -0.2) is 30.5 Å². The van der Waals surface area contributed by atoms with Crippen molar-refractivity contribution in [2.45, 2.75) is 0 Å². The predicted molar refractivity (Wildman–Crippen MR) is 61.1 cm³/mol. The molecule has 0 bridgehead atoms. The van der Waals surface area contributed by atoms with Crippen LogP contribution in [0, 0.1) is 10.1 Å². The van der Waals surface area contributed by atoms with Crippen molar-refractivity contribution in [3.63, 3.8) is 0 Å². The van der Waals surface area contributed by atoms with Crippen LogP contribution < -0.4 is 4.74 Å². The first kappa shape index (κ1) is 12.5. The number of imidazole rings is 1. The second-order valence-corrected chi connectivity index (χ2v) is 3.50. The van der Waals surface area contributed by atoms with Crippen molar-refractivity contribution >= 4 is 11.8 Å². The van der Waals surface area contributed by atoms with Gasteiger partial charge < -0.3 is 20.0 Å². The average Bonchev–Trinajstić information content (AvgIpc) is 2.72. The zero-order chi connectivity index (χ0) is 14.0. The first-order valence-corrected chi connectivity index (χ1v) is 5.02. The molecule has 0 spiro atoms. The summed E-state index contributed by atoms with van der Waals surface area (Å²) in [6, 6.07) is 2.82. The van der Waals surface area contributed by atoms with Crippen molar-refractivity contribution < 1.29 is 19.6 Å². The van der Waals surface area contributed by atoms with Gasteiger partial charge in [-0.1, -0.05) is 0 Å². The average molecular weight is 264 g/mol. The van der Waals surface area contributed by atoms with Gasteiger partial charge in [0, 0.05) is 13.2 Å². The molecule has 2 heterocycles. The van der Waals surface area contributed by atoms with Crippen LogP contribution in [0.15, 0.2) is 24.7 Å². The standard InChI is InChI=1S/C10H8N4O5/c1-13-5-12-8(14(17)18)9(13)19-6-3-2-4-11-7(6)10(15)16/h2-5H,1H3,(H,15,16). The van der Waals surface area contributed by atoms with E-state index in [0.717, 1.165) is 0 Å². The molecule has 9 nitrogen and oxygen atoms in total. The van der Waals surface area contributed by atoms with Crippen molar-refractivity contribution in [3.8, 4) is 11.6 Å². The molecule has 0 fully saturated rings. The molecule has 2 aromatic heterocycles. The first-order valence-electron chi connectivity index (χ1n) is 5.02. The van der Waals surface area contributed by atoms with Crippen LogP contribution in [-0.2, 0) is 7.05 Å². The number of aromatic carboxylic acids is 1. The topological polar surface area (TPSA) is 120 Å². The van der Waals surface area contributed by atoms with E-state index in [1.807, 2.05) is 0 Å².